The third-order valence-electron chi connectivity index (χ3n) is 3.67. The van der Waals surface area contributed by atoms with Gasteiger partial charge in [-0.2, -0.15) is 0 Å². The third kappa shape index (κ3) is 3.29. The van der Waals surface area contributed by atoms with E-state index in [1.807, 2.05) is 24.3 Å². The molecule has 2 aromatic carbocycles. The van der Waals surface area contributed by atoms with E-state index in [0.29, 0.717) is 17.0 Å². The van der Waals surface area contributed by atoms with Crippen LogP contribution in [0.3, 0.4) is 0 Å². The van der Waals surface area contributed by atoms with E-state index in [4.69, 9.17) is 16.7 Å². The molecule has 0 atom stereocenters. The van der Waals surface area contributed by atoms with E-state index in [0.717, 1.165) is 11.1 Å². The number of halogens is 1. The first-order valence-corrected chi connectivity index (χ1v) is 9.17. The Kier molecular flexibility index (Phi) is 4.34. The number of fused-ring (bicyclic) bond motifs is 1. The summed E-state index contributed by atoms with van der Waals surface area (Å²) in [6.45, 7) is 0.459. The molecule has 0 radical (unpaired) electrons. The van der Waals surface area contributed by atoms with Crippen LogP contribution < -0.4 is 0 Å². The Morgan fingerprint density at radius 2 is 1.75 bits per heavy atom. The van der Waals surface area contributed by atoms with Crippen LogP contribution in [0.15, 0.2) is 59.6 Å². The Balaban J connectivity index is 2.10. The molecule has 0 aliphatic carbocycles. The van der Waals surface area contributed by atoms with Crippen LogP contribution in [0.25, 0.3) is 10.9 Å². The molecule has 124 valence electrons. The lowest BCUT2D eigenvalue weighted by Crippen LogP contribution is -2.15. The second-order valence-corrected chi connectivity index (χ2v) is 7.81. The minimum atomic E-state index is -3.91. The zero-order chi connectivity index (χ0) is 17.3. The largest absolute Gasteiger partial charge is 0.480 e. The quantitative estimate of drug-likeness (QED) is 0.755. The molecule has 0 aliphatic heterocycles. The number of nitrogens with zero attached hydrogens (tertiary/aromatic N) is 1. The van der Waals surface area contributed by atoms with Crippen LogP contribution in [0.2, 0.25) is 5.02 Å². The summed E-state index contributed by atoms with van der Waals surface area (Å²) in [6.07, 6.45) is 1.50. The summed E-state index contributed by atoms with van der Waals surface area (Å²) in [5.74, 6) is -2.30. The number of carboxylic acid groups (broad SMARTS) is 1. The molecular formula is C17H14ClNO4S. The first kappa shape index (κ1) is 16.5. The highest BCUT2D eigenvalue weighted by atomic mass is 35.5. The van der Waals surface area contributed by atoms with Crippen molar-refractivity contribution in [3.63, 3.8) is 0 Å². The molecule has 0 bridgehead atoms. The minimum Gasteiger partial charge on any atom is -0.480 e. The highest BCUT2D eigenvalue weighted by Gasteiger charge is 2.24. The summed E-state index contributed by atoms with van der Waals surface area (Å²) < 4.78 is 26.5. The average molecular weight is 364 g/mol. The molecule has 0 aliphatic rings. The highest BCUT2D eigenvalue weighted by molar-refractivity contribution is 7.92. The van der Waals surface area contributed by atoms with Gasteiger partial charge in [0.1, 0.15) is 0 Å². The fraction of sp³-hybridized carbons (Fsp3) is 0.118. The van der Waals surface area contributed by atoms with Crippen molar-refractivity contribution >= 4 is 38.3 Å². The summed E-state index contributed by atoms with van der Waals surface area (Å²) in [7, 11) is -3.91. The minimum absolute atomic E-state index is 0.0365. The number of aromatic nitrogens is 1. The number of hydrogen-bond acceptors (Lipinski definition) is 3. The molecule has 1 aromatic heterocycles. The van der Waals surface area contributed by atoms with Crippen molar-refractivity contribution in [3.8, 4) is 0 Å². The molecule has 0 saturated carbocycles. The highest BCUT2D eigenvalue weighted by Crippen LogP contribution is 2.27. The van der Waals surface area contributed by atoms with Gasteiger partial charge in [0.05, 0.1) is 4.90 Å². The number of aliphatic carboxylic acids is 1. The Morgan fingerprint density at radius 3 is 2.42 bits per heavy atom. The van der Waals surface area contributed by atoms with Gasteiger partial charge in [0.2, 0.25) is 0 Å². The topological polar surface area (TPSA) is 76.4 Å². The van der Waals surface area contributed by atoms with Crippen molar-refractivity contribution in [3.05, 3.63) is 65.3 Å². The Labute approximate surface area is 144 Å². The van der Waals surface area contributed by atoms with E-state index >= 15 is 0 Å². The van der Waals surface area contributed by atoms with E-state index < -0.39 is 21.6 Å². The Hall–Kier alpha value is -2.31. The van der Waals surface area contributed by atoms with Crippen molar-refractivity contribution in [1.82, 2.24) is 4.57 Å². The van der Waals surface area contributed by atoms with E-state index in [2.05, 4.69) is 0 Å². The predicted molar refractivity (Wildman–Crippen MR) is 92.2 cm³/mol. The molecule has 0 fully saturated rings. The normalized spacial score (nSPS) is 11.7. The van der Waals surface area contributed by atoms with Gasteiger partial charge in [0.15, 0.2) is 15.6 Å². The number of sulfone groups is 1. The fourth-order valence-electron chi connectivity index (χ4n) is 2.62. The summed E-state index contributed by atoms with van der Waals surface area (Å²) in [5, 5.41) is 10.00. The Morgan fingerprint density at radius 1 is 1.08 bits per heavy atom. The lowest BCUT2D eigenvalue weighted by molar-refractivity contribution is -0.134. The second kappa shape index (κ2) is 6.30. The third-order valence-corrected chi connectivity index (χ3v) is 5.54. The molecule has 3 aromatic rings. The monoisotopic (exact) mass is 363 g/mol. The van der Waals surface area contributed by atoms with Crippen molar-refractivity contribution in [2.75, 3.05) is 5.75 Å². The summed E-state index contributed by atoms with van der Waals surface area (Å²) in [6, 6.07) is 14.3. The number of benzene rings is 2. The van der Waals surface area contributed by atoms with Gasteiger partial charge >= 0.3 is 5.97 Å². The zero-order valence-electron chi connectivity index (χ0n) is 12.5. The van der Waals surface area contributed by atoms with Crippen molar-refractivity contribution in [2.24, 2.45) is 0 Å². The van der Waals surface area contributed by atoms with Crippen LogP contribution in [-0.4, -0.2) is 29.8 Å². The molecule has 0 saturated heterocycles. The molecule has 0 unspecified atom stereocenters. The van der Waals surface area contributed by atoms with Crippen LogP contribution in [0.1, 0.15) is 5.56 Å². The fourth-order valence-corrected chi connectivity index (χ4v) is 4.02. The number of para-hydroxylation sites is 1. The first-order chi connectivity index (χ1) is 11.4. The molecule has 1 heterocycles. The maximum atomic E-state index is 12.4. The van der Waals surface area contributed by atoms with Gasteiger partial charge in [-0.3, -0.25) is 4.79 Å². The van der Waals surface area contributed by atoms with E-state index in [-0.39, 0.29) is 4.90 Å². The smallest absolute Gasteiger partial charge is 0.319 e. The van der Waals surface area contributed by atoms with E-state index in [1.165, 1.54) is 6.20 Å². The molecule has 1 N–H and O–H groups in total. The van der Waals surface area contributed by atoms with E-state index in [1.54, 1.807) is 28.8 Å². The molecule has 0 spiro atoms. The van der Waals surface area contributed by atoms with Gasteiger partial charge in [-0.15, -0.1) is 0 Å². The second-order valence-electron chi connectivity index (χ2n) is 5.42. The van der Waals surface area contributed by atoms with Crippen LogP contribution in [-0.2, 0) is 21.2 Å². The SMILES string of the molecule is O=C(O)CS(=O)(=O)c1cn(Cc2ccc(Cl)cc2)c2ccccc12. The van der Waals surface area contributed by atoms with Gasteiger partial charge in [0.25, 0.3) is 0 Å². The first-order valence-electron chi connectivity index (χ1n) is 7.14. The van der Waals surface area contributed by atoms with Crippen molar-refractivity contribution in [2.45, 2.75) is 11.4 Å². The molecule has 7 heteroatoms. The maximum absolute atomic E-state index is 12.4. The molecule has 3 rings (SSSR count). The lowest BCUT2D eigenvalue weighted by atomic mass is 10.2. The molecule has 24 heavy (non-hydrogen) atoms. The van der Waals surface area contributed by atoms with Crippen molar-refractivity contribution < 1.29 is 18.3 Å². The molecular weight excluding hydrogens is 350 g/mol. The number of carboxylic acids is 1. The van der Waals surface area contributed by atoms with Gasteiger partial charge < -0.3 is 9.67 Å². The van der Waals surface area contributed by atoms with E-state index in [9.17, 15) is 13.2 Å². The summed E-state index contributed by atoms with van der Waals surface area (Å²) >= 11 is 5.88. The van der Waals surface area contributed by atoms with Crippen LogP contribution in [0.5, 0.6) is 0 Å². The van der Waals surface area contributed by atoms with Crippen molar-refractivity contribution in [1.29, 1.82) is 0 Å². The lowest BCUT2D eigenvalue weighted by Gasteiger charge is -2.05. The van der Waals surface area contributed by atoms with Gasteiger partial charge in [-0.25, -0.2) is 8.42 Å². The van der Waals surface area contributed by atoms with Crippen LogP contribution in [0, 0.1) is 0 Å². The number of carbonyl (C=O) groups is 1. The van der Waals surface area contributed by atoms with Crippen LogP contribution >= 0.6 is 11.6 Å². The zero-order valence-corrected chi connectivity index (χ0v) is 14.1. The average Bonchev–Trinajstić information content (AvgIpc) is 2.88. The predicted octanol–water partition coefficient (Wildman–Crippen LogP) is 3.20. The number of rotatable bonds is 5. The summed E-state index contributed by atoms with van der Waals surface area (Å²) in [4.78, 5) is 10.9. The maximum Gasteiger partial charge on any atom is 0.319 e. The number of hydrogen-bond donors (Lipinski definition) is 1. The molecule has 0 amide bonds. The van der Waals surface area contributed by atoms with Crippen LogP contribution in [0.4, 0.5) is 0 Å². The van der Waals surface area contributed by atoms with Gasteiger partial charge in [-0.05, 0) is 23.8 Å². The standard InChI is InChI=1S/C17H14ClNO4S/c18-13-7-5-12(6-8-13)9-19-10-16(24(22,23)11-17(20)21)14-3-1-2-4-15(14)19/h1-8,10H,9,11H2,(H,20,21). The van der Waals surface area contributed by atoms with Gasteiger partial charge in [0, 0.05) is 28.7 Å². The summed E-state index contributed by atoms with van der Waals surface area (Å²) in [5.41, 5.74) is 1.69. The van der Waals surface area contributed by atoms with Gasteiger partial charge in [-0.1, -0.05) is 41.9 Å². The molecule has 5 nitrogen and oxygen atoms in total. The Bertz CT molecular complexity index is 1010.